The van der Waals surface area contributed by atoms with Gasteiger partial charge in [0, 0.05) is 24.0 Å². The summed E-state index contributed by atoms with van der Waals surface area (Å²) < 4.78 is 0. The van der Waals surface area contributed by atoms with E-state index in [9.17, 15) is 9.59 Å². The molecule has 1 aliphatic carbocycles. The van der Waals surface area contributed by atoms with Crippen molar-refractivity contribution < 1.29 is 9.59 Å². The van der Waals surface area contributed by atoms with Crippen molar-refractivity contribution in [3.8, 4) is 0 Å². The summed E-state index contributed by atoms with van der Waals surface area (Å²) in [6, 6.07) is 5.82. The van der Waals surface area contributed by atoms with Crippen molar-refractivity contribution in [1.29, 1.82) is 0 Å². The van der Waals surface area contributed by atoms with Crippen molar-refractivity contribution in [1.82, 2.24) is 10.2 Å². The van der Waals surface area contributed by atoms with Crippen LogP contribution in [0.4, 0.5) is 4.79 Å². The van der Waals surface area contributed by atoms with Crippen LogP contribution in [0.1, 0.15) is 36.4 Å². The smallest absolute Gasteiger partial charge is 0.317 e. The number of nitrogens with one attached hydrogen (secondary N) is 1. The molecule has 1 heterocycles. The number of likely N-dealkylation sites (tertiary alicyclic amines) is 1. The Hall–Kier alpha value is -1.75. The fourth-order valence-corrected chi connectivity index (χ4v) is 3.54. The number of carbonyl (C=O) groups is 2. The van der Waals surface area contributed by atoms with E-state index in [0.717, 1.165) is 23.4 Å². The highest BCUT2D eigenvalue weighted by Gasteiger charge is 2.29. The second kappa shape index (κ2) is 6.16. The van der Waals surface area contributed by atoms with Crippen molar-refractivity contribution >= 4 is 23.5 Å². The van der Waals surface area contributed by atoms with E-state index < -0.39 is 0 Å². The van der Waals surface area contributed by atoms with Gasteiger partial charge in [0.1, 0.15) is 0 Å². The normalized spacial score (nSPS) is 21.5. The highest BCUT2D eigenvalue weighted by molar-refractivity contribution is 6.30. The van der Waals surface area contributed by atoms with Gasteiger partial charge in [-0.3, -0.25) is 4.79 Å². The molecule has 0 spiro atoms. The van der Waals surface area contributed by atoms with Gasteiger partial charge in [-0.15, -0.1) is 0 Å². The third-order valence-corrected chi connectivity index (χ3v) is 4.90. The Balaban J connectivity index is 1.59. The summed E-state index contributed by atoms with van der Waals surface area (Å²) in [5.74, 6) is -0.361. The van der Waals surface area contributed by atoms with E-state index in [1.54, 1.807) is 4.90 Å². The third kappa shape index (κ3) is 3.04. The van der Waals surface area contributed by atoms with Gasteiger partial charge in [-0.2, -0.15) is 0 Å². The Kier molecular flexibility index (Phi) is 4.25. The maximum Gasteiger partial charge on any atom is 0.317 e. The zero-order valence-corrected chi connectivity index (χ0v) is 13.1. The summed E-state index contributed by atoms with van der Waals surface area (Å²) in [6.45, 7) is 1.17. The molecule has 5 nitrogen and oxygen atoms in total. The second-order valence-electron chi connectivity index (χ2n) is 6.05. The van der Waals surface area contributed by atoms with Crippen molar-refractivity contribution in [3.63, 3.8) is 0 Å². The highest BCUT2D eigenvalue weighted by Crippen LogP contribution is 2.33. The standard InChI is InChI=1S/C16H20ClN3O2/c17-12-2-3-13-11(9-12)1-4-14(13)19-16(22)20-7-5-10(6-8-20)15(18)21/h2-3,9-10,14H,1,4-8H2,(H2,18,21)(H,19,22)/t14-/m0/s1. The van der Waals surface area contributed by atoms with E-state index in [1.807, 2.05) is 18.2 Å². The molecular formula is C16H20ClN3O2. The van der Waals surface area contributed by atoms with Gasteiger partial charge in [0.25, 0.3) is 0 Å². The average molecular weight is 322 g/mol. The lowest BCUT2D eigenvalue weighted by Gasteiger charge is -2.31. The van der Waals surface area contributed by atoms with Crippen LogP contribution in [-0.4, -0.2) is 29.9 Å². The lowest BCUT2D eigenvalue weighted by molar-refractivity contribution is -0.123. The summed E-state index contributed by atoms with van der Waals surface area (Å²) in [5, 5.41) is 3.83. The summed E-state index contributed by atoms with van der Waals surface area (Å²) in [7, 11) is 0. The van der Waals surface area contributed by atoms with E-state index in [4.69, 9.17) is 17.3 Å². The van der Waals surface area contributed by atoms with Crippen LogP contribution in [0.15, 0.2) is 18.2 Å². The van der Waals surface area contributed by atoms with Gasteiger partial charge >= 0.3 is 6.03 Å². The Bertz CT molecular complexity index is 597. The number of aryl methyl sites for hydroxylation is 1. The van der Waals surface area contributed by atoms with Crippen LogP contribution < -0.4 is 11.1 Å². The number of fused-ring (bicyclic) bond motifs is 1. The zero-order chi connectivity index (χ0) is 15.7. The fourth-order valence-electron chi connectivity index (χ4n) is 3.34. The van der Waals surface area contributed by atoms with Crippen LogP contribution in [0.3, 0.4) is 0 Å². The molecule has 1 saturated heterocycles. The van der Waals surface area contributed by atoms with Crippen LogP contribution in [-0.2, 0) is 11.2 Å². The van der Waals surface area contributed by atoms with Crippen molar-refractivity contribution in [2.45, 2.75) is 31.7 Å². The first kappa shape index (κ1) is 15.2. The van der Waals surface area contributed by atoms with Gasteiger partial charge in [0.05, 0.1) is 6.04 Å². The number of benzene rings is 1. The molecular weight excluding hydrogens is 302 g/mol. The number of nitrogens with two attached hydrogens (primary N) is 1. The number of rotatable bonds is 2. The maximum absolute atomic E-state index is 12.4. The topological polar surface area (TPSA) is 75.4 Å². The number of hydrogen-bond acceptors (Lipinski definition) is 2. The number of piperidine rings is 1. The highest BCUT2D eigenvalue weighted by atomic mass is 35.5. The monoisotopic (exact) mass is 321 g/mol. The molecule has 3 rings (SSSR count). The first-order valence-electron chi connectivity index (χ1n) is 7.67. The van der Waals surface area contributed by atoms with Crippen LogP contribution in [0.2, 0.25) is 5.02 Å². The molecule has 2 aliphatic rings. The molecule has 22 heavy (non-hydrogen) atoms. The van der Waals surface area contributed by atoms with Gasteiger partial charge in [-0.25, -0.2) is 4.79 Å². The molecule has 1 aromatic rings. The zero-order valence-electron chi connectivity index (χ0n) is 12.3. The van der Waals surface area contributed by atoms with Crippen molar-refractivity contribution in [3.05, 3.63) is 34.3 Å². The number of urea groups is 1. The lowest BCUT2D eigenvalue weighted by atomic mass is 9.96. The van der Waals surface area contributed by atoms with Crippen molar-refractivity contribution in [2.24, 2.45) is 11.7 Å². The molecule has 6 heteroatoms. The Morgan fingerprint density at radius 1 is 1.23 bits per heavy atom. The molecule has 1 atom stereocenters. The summed E-state index contributed by atoms with van der Waals surface area (Å²) in [4.78, 5) is 25.3. The minimum Gasteiger partial charge on any atom is -0.369 e. The van der Waals surface area contributed by atoms with E-state index in [1.165, 1.54) is 5.56 Å². The molecule has 1 aromatic carbocycles. The first-order chi connectivity index (χ1) is 10.5. The molecule has 118 valence electrons. The Morgan fingerprint density at radius 3 is 2.64 bits per heavy atom. The minimum absolute atomic E-state index is 0.0497. The molecule has 0 unspecified atom stereocenters. The first-order valence-corrected chi connectivity index (χ1v) is 8.05. The number of halogens is 1. The third-order valence-electron chi connectivity index (χ3n) is 4.67. The van der Waals surface area contributed by atoms with Gasteiger partial charge in [-0.05, 0) is 48.9 Å². The molecule has 1 aliphatic heterocycles. The Labute approximate surface area is 134 Å². The van der Waals surface area contributed by atoms with E-state index in [0.29, 0.717) is 25.9 Å². The number of carbonyl (C=O) groups excluding carboxylic acids is 2. The number of hydrogen-bond donors (Lipinski definition) is 2. The lowest BCUT2D eigenvalue weighted by Crippen LogP contribution is -2.46. The quantitative estimate of drug-likeness (QED) is 0.876. The molecule has 0 saturated carbocycles. The SMILES string of the molecule is NC(=O)C1CCN(C(=O)N[C@H]2CCc3cc(Cl)ccc32)CC1. The van der Waals surface area contributed by atoms with Gasteiger partial charge in [0.2, 0.25) is 5.91 Å². The number of primary amides is 1. The average Bonchev–Trinajstić information content (AvgIpc) is 2.89. The van der Waals surface area contributed by atoms with Crippen LogP contribution in [0.25, 0.3) is 0 Å². The molecule has 0 radical (unpaired) electrons. The predicted molar refractivity (Wildman–Crippen MR) is 84.5 cm³/mol. The second-order valence-corrected chi connectivity index (χ2v) is 6.48. The molecule has 0 aromatic heterocycles. The fraction of sp³-hybridized carbons (Fsp3) is 0.500. The molecule has 1 fully saturated rings. The molecule has 3 amide bonds. The summed E-state index contributed by atoms with van der Waals surface area (Å²) >= 11 is 6.00. The van der Waals surface area contributed by atoms with Crippen molar-refractivity contribution in [2.75, 3.05) is 13.1 Å². The minimum atomic E-state index is -0.262. The summed E-state index contributed by atoms with van der Waals surface area (Å²) in [5.41, 5.74) is 7.69. The van der Waals surface area contributed by atoms with Gasteiger partial charge in [0.15, 0.2) is 0 Å². The van der Waals surface area contributed by atoms with E-state index >= 15 is 0 Å². The Morgan fingerprint density at radius 2 is 1.95 bits per heavy atom. The maximum atomic E-state index is 12.4. The van der Waals surface area contributed by atoms with Crippen LogP contribution in [0, 0.1) is 5.92 Å². The van der Waals surface area contributed by atoms with Crippen LogP contribution >= 0.6 is 11.6 Å². The van der Waals surface area contributed by atoms with Gasteiger partial charge in [-0.1, -0.05) is 17.7 Å². The summed E-state index contributed by atoms with van der Waals surface area (Å²) in [6.07, 6.45) is 3.14. The molecule has 0 bridgehead atoms. The largest absolute Gasteiger partial charge is 0.369 e. The number of amides is 3. The van der Waals surface area contributed by atoms with Crippen LogP contribution in [0.5, 0.6) is 0 Å². The number of nitrogens with zero attached hydrogens (tertiary/aromatic N) is 1. The van der Waals surface area contributed by atoms with E-state index in [-0.39, 0.29) is 23.9 Å². The van der Waals surface area contributed by atoms with E-state index in [2.05, 4.69) is 5.32 Å². The predicted octanol–water partition coefficient (Wildman–Crippen LogP) is 2.23. The van der Waals surface area contributed by atoms with Gasteiger partial charge < -0.3 is 16.0 Å². The molecule has 3 N–H and O–H groups in total.